The first-order valence-corrected chi connectivity index (χ1v) is 13.1. The second-order valence-electron chi connectivity index (χ2n) is 10.0. The maximum atomic E-state index is 10.6. The van der Waals surface area contributed by atoms with Gasteiger partial charge >= 0.3 is 12.1 Å². The first kappa shape index (κ1) is 28.1. The van der Waals surface area contributed by atoms with Crippen molar-refractivity contribution in [1.82, 2.24) is 24.8 Å². The van der Waals surface area contributed by atoms with Crippen molar-refractivity contribution < 1.29 is 27.8 Å². The first-order valence-electron chi connectivity index (χ1n) is 13.1. The number of carbonyl (C=O) groups is 1. The number of piperidine rings is 1. The number of rotatable bonds is 4. The number of carboxylic acid groups (broad SMARTS) is 1. The predicted molar refractivity (Wildman–Crippen MR) is 145 cm³/mol. The van der Waals surface area contributed by atoms with Crippen LogP contribution in [-0.4, -0.2) is 56.4 Å². The van der Waals surface area contributed by atoms with E-state index in [4.69, 9.17) is 14.6 Å². The monoisotopic (exact) mass is 566 g/mol. The number of anilines is 1. The quantitative estimate of drug-likeness (QED) is 0.354. The number of halogens is 3. The SMILES string of the molecule is Cc1c(Oc2ccc(-n3ccnc3)cc2)ncnc1N1CCC2(CC1)CNCc1ccccc12.O=C(O)C(F)(F)F. The molecule has 41 heavy (non-hydrogen) atoms. The summed E-state index contributed by atoms with van der Waals surface area (Å²) in [4.78, 5) is 24.4. The van der Waals surface area contributed by atoms with Gasteiger partial charge in [-0.1, -0.05) is 24.3 Å². The van der Waals surface area contributed by atoms with Crippen LogP contribution in [0.5, 0.6) is 11.6 Å². The normalized spacial score (nSPS) is 16.0. The summed E-state index contributed by atoms with van der Waals surface area (Å²) in [5.74, 6) is -0.441. The topological polar surface area (TPSA) is 105 Å². The highest BCUT2D eigenvalue weighted by Crippen LogP contribution is 2.41. The van der Waals surface area contributed by atoms with Crippen LogP contribution in [0.1, 0.15) is 29.5 Å². The Morgan fingerprint density at radius 3 is 2.44 bits per heavy atom. The first-order chi connectivity index (χ1) is 19.7. The molecule has 2 aliphatic heterocycles. The maximum absolute atomic E-state index is 10.6. The lowest BCUT2D eigenvalue weighted by molar-refractivity contribution is -0.192. The van der Waals surface area contributed by atoms with Gasteiger partial charge in [0.1, 0.15) is 17.9 Å². The van der Waals surface area contributed by atoms with Gasteiger partial charge in [-0.25, -0.2) is 19.7 Å². The highest BCUT2D eigenvalue weighted by atomic mass is 19.4. The fourth-order valence-corrected chi connectivity index (χ4v) is 5.37. The van der Waals surface area contributed by atoms with Crippen LogP contribution in [0.15, 0.2) is 73.6 Å². The van der Waals surface area contributed by atoms with Crippen LogP contribution in [0.3, 0.4) is 0 Å². The molecule has 9 nitrogen and oxygen atoms in total. The minimum atomic E-state index is -5.08. The summed E-state index contributed by atoms with van der Waals surface area (Å²) in [5.41, 5.74) is 5.18. The molecule has 1 fully saturated rings. The van der Waals surface area contributed by atoms with Gasteiger partial charge < -0.3 is 24.6 Å². The number of benzene rings is 2. The molecule has 2 aromatic carbocycles. The van der Waals surface area contributed by atoms with Gasteiger partial charge in [-0.15, -0.1) is 0 Å². The van der Waals surface area contributed by atoms with Gasteiger partial charge in [-0.05, 0) is 55.2 Å². The molecule has 2 N–H and O–H groups in total. The second kappa shape index (κ2) is 11.6. The molecule has 2 aromatic heterocycles. The van der Waals surface area contributed by atoms with E-state index in [1.54, 1.807) is 18.9 Å². The van der Waals surface area contributed by atoms with Crippen LogP contribution < -0.4 is 15.0 Å². The molecule has 0 amide bonds. The van der Waals surface area contributed by atoms with Crippen molar-refractivity contribution in [2.75, 3.05) is 24.5 Å². The number of nitrogens with zero attached hydrogens (tertiary/aromatic N) is 5. The highest BCUT2D eigenvalue weighted by Gasteiger charge is 2.40. The van der Waals surface area contributed by atoms with Crippen molar-refractivity contribution in [3.05, 3.63) is 90.3 Å². The van der Waals surface area contributed by atoms with Crippen LogP contribution in [0.25, 0.3) is 5.69 Å². The van der Waals surface area contributed by atoms with Crippen LogP contribution in [-0.2, 0) is 16.8 Å². The largest absolute Gasteiger partial charge is 0.490 e. The number of imidazole rings is 1. The van der Waals surface area contributed by atoms with E-state index in [9.17, 15) is 13.2 Å². The van der Waals surface area contributed by atoms with Gasteiger partial charge in [-0.3, -0.25) is 0 Å². The van der Waals surface area contributed by atoms with Crippen LogP contribution in [0, 0.1) is 6.92 Å². The number of fused-ring (bicyclic) bond motifs is 2. The Hall–Kier alpha value is -4.45. The van der Waals surface area contributed by atoms with Crippen molar-refractivity contribution in [3.8, 4) is 17.3 Å². The number of hydrogen-bond donors (Lipinski definition) is 2. The molecule has 6 rings (SSSR count). The predicted octanol–water partition coefficient (Wildman–Crippen LogP) is 5.04. The molecule has 1 saturated heterocycles. The Labute approximate surface area is 234 Å². The molecule has 4 heterocycles. The number of nitrogens with one attached hydrogen (secondary N) is 1. The zero-order chi connectivity index (χ0) is 29.0. The molecule has 0 aliphatic carbocycles. The third kappa shape index (κ3) is 6.17. The van der Waals surface area contributed by atoms with E-state index in [1.165, 1.54) is 11.1 Å². The summed E-state index contributed by atoms with van der Waals surface area (Å²) in [5, 5.41) is 10.8. The van der Waals surface area contributed by atoms with Gasteiger partial charge in [0.05, 0.1) is 11.9 Å². The number of aliphatic carboxylic acids is 1. The summed E-state index contributed by atoms with van der Waals surface area (Å²) in [6.07, 6.45) is 4.20. The maximum Gasteiger partial charge on any atom is 0.490 e. The highest BCUT2D eigenvalue weighted by molar-refractivity contribution is 5.73. The van der Waals surface area contributed by atoms with E-state index >= 15 is 0 Å². The van der Waals surface area contributed by atoms with Gasteiger partial charge in [0.25, 0.3) is 0 Å². The van der Waals surface area contributed by atoms with E-state index in [1.807, 2.05) is 42.0 Å². The third-order valence-electron chi connectivity index (χ3n) is 7.50. The summed E-state index contributed by atoms with van der Waals surface area (Å²) in [6, 6.07) is 16.8. The smallest absolute Gasteiger partial charge is 0.475 e. The molecule has 12 heteroatoms. The van der Waals surface area contributed by atoms with Crippen LogP contribution >= 0.6 is 0 Å². The Bertz CT molecular complexity index is 1480. The molecular formula is C29H29F3N6O3. The fraction of sp³-hybridized carbons (Fsp3) is 0.310. The summed E-state index contributed by atoms with van der Waals surface area (Å²) in [7, 11) is 0. The zero-order valence-corrected chi connectivity index (χ0v) is 22.3. The Morgan fingerprint density at radius 2 is 1.78 bits per heavy atom. The molecule has 214 valence electrons. The summed E-state index contributed by atoms with van der Waals surface area (Å²) >= 11 is 0. The minimum Gasteiger partial charge on any atom is -0.475 e. The van der Waals surface area contributed by atoms with E-state index in [-0.39, 0.29) is 5.41 Å². The van der Waals surface area contributed by atoms with Crippen molar-refractivity contribution in [3.63, 3.8) is 0 Å². The lowest BCUT2D eigenvalue weighted by Crippen LogP contribution is -2.51. The molecule has 2 aliphatic rings. The van der Waals surface area contributed by atoms with E-state index < -0.39 is 12.1 Å². The van der Waals surface area contributed by atoms with Gasteiger partial charge in [0.2, 0.25) is 5.88 Å². The number of hydrogen-bond acceptors (Lipinski definition) is 7. The molecule has 0 radical (unpaired) electrons. The van der Waals surface area contributed by atoms with E-state index in [0.717, 1.165) is 61.8 Å². The molecule has 1 spiro atoms. The van der Waals surface area contributed by atoms with Gasteiger partial charge in [-0.2, -0.15) is 13.2 Å². The number of carboxylic acids is 1. The molecule has 4 aromatic rings. The van der Waals surface area contributed by atoms with Crippen molar-refractivity contribution in [2.45, 2.75) is 37.9 Å². The zero-order valence-electron chi connectivity index (χ0n) is 22.3. The lowest BCUT2D eigenvalue weighted by atomic mass is 9.69. The third-order valence-corrected chi connectivity index (χ3v) is 7.50. The van der Waals surface area contributed by atoms with Crippen LogP contribution in [0.2, 0.25) is 0 Å². The van der Waals surface area contributed by atoms with E-state index in [0.29, 0.717) is 5.88 Å². The second-order valence-corrected chi connectivity index (χ2v) is 10.0. The number of aromatic nitrogens is 4. The summed E-state index contributed by atoms with van der Waals surface area (Å²) < 4.78 is 39.9. The average Bonchev–Trinajstić information content (AvgIpc) is 3.51. The van der Waals surface area contributed by atoms with Crippen molar-refractivity contribution in [1.29, 1.82) is 0 Å². The Morgan fingerprint density at radius 1 is 1.07 bits per heavy atom. The average molecular weight is 567 g/mol. The minimum absolute atomic E-state index is 0.211. The van der Waals surface area contributed by atoms with Gasteiger partial charge in [0.15, 0.2) is 0 Å². The van der Waals surface area contributed by atoms with Gasteiger partial charge in [0, 0.05) is 49.7 Å². The lowest BCUT2D eigenvalue weighted by Gasteiger charge is -2.46. The molecular weight excluding hydrogens is 537 g/mol. The summed E-state index contributed by atoms with van der Waals surface area (Å²) in [6.45, 7) is 5.99. The van der Waals surface area contributed by atoms with Crippen molar-refractivity contribution in [2.24, 2.45) is 0 Å². The molecule has 0 saturated carbocycles. The number of alkyl halides is 3. The molecule has 0 unspecified atom stereocenters. The standard InChI is InChI=1S/C27H28N6O.C2HF3O2/c1-20-25(32-13-10-27(11-14-32)17-29-16-21-4-2-3-5-24(21)27)30-18-31-26(20)34-23-8-6-22(7-9-23)33-15-12-28-19-33;3-2(4,5)1(6)7/h2-9,12,15,18-19,29H,10-11,13-14,16-17H2,1H3;(H,6,7). The van der Waals surface area contributed by atoms with Crippen molar-refractivity contribution >= 4 is 11.8 Å². The molecule has 0 atom stereocenters. The van der Waals surface area contributed by atoms with Crippen LogP contribution in [0.4, 0.5) is 19.0 Å². The Kier molecular flexibility index (Phi) is 7.93. The molecule has 0 bridgehead atoms. The number of ether oxygens (including phenoxy) is 1. The fourth-order valence-electron chi connectivity index (χ4n) is 5.37. The van der Waals surface area contributed by atoms with E-state index in [2.05, 4.69) is 49.4 Å². The Balaban J connectivity index is 0.000000431.